The molecule has 0 N–H and O–H groups in total. The molecule has 1 aromatic carbocycles. The van der Waals surface area contributed by atoms with Gasteiger partial charge in [-0.05, 0) is 37.6 Å². The first kappa shape index (κ1) is 18.1. The second-order valence-corrected chi connectivity index (χ2v) is 5.15. The minimum atomic E-state index is -0.757. The van der Waals surface area contributed by atoms with E-state index in [2.05, 4.69) is 15.9 Å². The van der Waals surface area contributed by atoms with Gasteiger partial charge in [0.1, 0.15) is 6.61 Å². The van der Waals surface area contributed by atoms with Crippen LogP contribution in [0.1, 0.15) is 29.8 Å². The van der Waals surface area contributed by atoms with Crippen LogP contribution in [0.2, 0.25) is 0 Å². The molecule has 0 aliphatic carbocycles. The Hall–Kier alpha value is -3.27. The van der Waals surface area contributed by atoms with E-state index in [0.717, 1.165) is 0 Å². The Morgan fingerprint density at radius 3 is 2.76 bits per heavy atom. The first-order valence-corrected chi connectivity index (χ1v) is 7.30. The highest BCUT2D eigenvalue weighted by molar-refractivity contribution is 5.91. The number of benzene rings is 1. The fourth-order valence-corrected chi connectivity index (χ4v) is 2.07. The lowest BCUT2D eigenvalue weighted by Gasteiger charge is -2.13. The Morgan fingerprint density at radius 2 is 2.16 bits per heavy atom. The number of nitrogens with zero attached hydrogens (tertiary/aromatic N) is 3. The van der Waals surface area contributed by atoms with Gasteiger partial charge in [0, 0.05) is 27.3 Å². The first-order valence-electron chi connectivity index (χ1n) is 7.30. The summed E-state index contributed by atoms with van der Waals surface area (Å²) >= 11 is 0. The van der Waals surface area contributed by atoms with E-state index in [4.69, 9.17) is 26.2 Å². The summed E-state index contributed by atoms with van der Waals surface area (Å²) in [5.74, 6) is 1.31. The van der Waals surface area contributed by atoms with Crippen molar-refractivity contribution in [2.75, 3.05) is 13.2 Å². The summed E-state index contributed by atoms with van der Waals surface area (Å²) in [7, 11) is 0. The van der Waals surface area contributed by atoms with Gasteiger partial charge in [0.25, 0.3) is 0 Å². The van der Waals surface area contributed by atoms with Gasteiger partial charge in [-0.2, -0.15) is 0 Å². The van der Waals surface area contributed by atoms with Gasteiger partial charge >= 0.3 is 11.9 Å². The maximum Gasteiger partial charge on any atom is 0.338 e. The lowest BCUT2D eigenvalue weighted by Crippen LogP contribution is -2.19. The number of cyclic esters (lactones) is 1. The third kappa shape index (κ3) is 4.38. The van der Waals surface area contributed by atoms with Crippen molar-refractivity contribution in [3.8, 4) is 12.3 Å². The number of rotatable bonds is 6. The number of esters is 2. The lowest BCUT2D eigenvalue weighted by atomic mass is 10.1. The maximum absolute atomic E-state index is 12.1. The molecule has 8 nitrogen and oxygen atoms in total. The predicted octanol–water partition coefficient (Wildman–Crippen LogP) is 3.00. The Bertz CT molecular complexity index is 831. The van der Waals surface area contributed by atoms with Gasteiger partial charge in [-0.3, -0.25) is 0 Å². The molecule has 0 fully saturated rings. The third-order valence-corrected chi connectivity index (χ3v) is 3.53. The highest BCUT2D eigenvalue weighted by Crippen LogP contribution is 2.22. The topological polar surface area (TPSA) is 111 Å². The minimum absolute atomic E-state index is 0.0453. The van der Waals surface area contributed by atoms with E-state index >= 15 is 0 Å². The summed E-state index contributed by atoms with van der Waals surface area (Å²) in [4.78, 5) is 26.1. The molecule has 1 aliphatic rings. The van der Waals surface area contributed by atoms with E-state index in [1.165, 1.54) is 18.2 Å². The number of azide groups is 1. The average Bonchev–Trinajstić information content (AvgIpc) is 2.85. The quantitative estimate of drug-likeness (QED) is 0.197. The van der Waals surface area contributed by atoms with Gasteiger partial charge in [-0.15, -0.1) is 6.42 Å². The zero-order valence-electron chi connectivity index (χ0n) is 13.7. The monoisotopic (exact) mass is 341 g/mol. The number of hydrogen-bond acceptors (Lipinski definition) is 6. The Balaban J connectivity index is 1.91. The summed E-state index contributed by atoms with van der Waals surface area (Å²) in [6, 6.07) is 4.30. The van der Waals surface area contributed by atoms with Crippen molar-refractivity contribution in [2.24, 2.45) is 5.11 Å². The van der Waals surface area contributed by atoms with Gasteiger partial charge < -0.3 is 14.2 Å². The number of terminal acetylenes is 1. The zero-order chi connectivity index (χ0) is 18.4. The molecule has 128 valence electrons. The van der Waals surface area contributed by atoms with Crippen LogP contribution in [0.3, 0.4) is 0 Å². The van der Waals surface area contributed by atoms with Gasteiger partial charge in [0.05, 0.1) is 12.2 Å². The van der Waals surface area contributed by atoms with Crippen LogP contribution < -0.4 is 0 Å². The number of ether oxygens (including phenoxy) is 3. The second-order valence-electron chi connectivity index (χ2n) is 5.15. The molecule has 0 aromatic heterocycles. The highest BCUT2D eigenvalue weighted by Gasteiger charge is 2.28. The molecule has 0 spiro atoms. The van der Waals surface area contributed by atoms with Crippen LogP contribution in [0.4, 0.5) is 5.69 Å². The van der Waals surface area contributed by atoms with Crippen molar-refractivity contribution < 1.29 is 23.8 Å². The van der Waals surface area contributed by atoms with Crippen LogP contribution in [0.25, 0.3) is 10.4 Å². The molecule has 0 saturated heterocycles. The predicted molar refractivity (Wildman–Crippen MR) is 87.7 cm³/mol. The molecule has 0 saturated carbocycles. The number of carbonyl (C=O) groups excluding carboxylic acids is 2. The molecule has 1 aromatic rings. The Labute approximate surface area is 144 Å². The normalized spacial score (nSPS) is 16.0. The summed E-state index contributed by atoms with van der Waals surface area (Å²) in [6.45, 7) is 3.39. The molecule has 0 radical (unpaired) electrons. The molecule has 1 aliphatic heterocycles. The van der Waals surface area contributed by atoms with Crippen LogP contribution in [0, 0.1) is 12.3 Å². The number of hydrogen-bond donors (Lipinski definition) is 0. The molecule has 25 heavy (non-hydrogen) atoms. The molecule has 2 rings (SSSR count). The average molecular weight is 341 g/mol. The van der Waals surface area contributed by atoms with Gasteiger partial charge in [-0.1, -0.05) is 11.0 Å². The van der Waals surface area contributed by atoms with Crippen LogP contribution in [0.15, 0.2) is 34.5 Å². The van der Waals surface area contributed by atoms with Crippen LogP contribution in [-0.4, -0.2) is 31.4 Å². The molecule has 0 bridgehead atoms. The third-order valence-electron chi connectivity index (χ3n) is 3.53. The summed E-state index contributed by atoms with van der Waals surface area (Å²) in [6.07, 6.45) is 4.55. The van der Waals surface area contributed by atoms with Crippen molar-refractivity contribution >= 4 is 17.6 Å². The first-order chi connectivity index (χ1) is 12.0. The second kappa shape index (κ2) is 8.02. The van der Waals surface area contributed by atoms with Crippen molar-refractivity contribution in [3.05, 3.63) is 50.9 Å². The van der Waals surface area contributed by atoms with Crippen LogP contribution in [-0.2, 0) is 19.0 Å². The van der Waals surface area contributed by atoms with E-state index in [-0.39, 0.29) is 24.5 Å². The molecular formula is C17H15N3O5. The van der Waals surface area contributed by atoms with Crippen molar-refractivity contribution in [1.29, 1.82) is 0 Å². The Kier molecular flexibility index (Phi) is 5.79. The summed E-state index contributed by atoms with van der Waals surface area (Å²) < 4.78 is 15.5. The minimum Gasteiger partial charge on any atom is -0.460 e. The fourth-order valence-electron chi connectivity index (χ4n) is 2.07. The fraction of sp³-hybridized carbons (Fsp3) is 0.294. The molecule has 1 heterocycles. The van der Waals surface area contributed by atoms with Crippen molar-refractivity contribution in [1.82, 2.24) is 0 Å². The molecule has 1 unspecified atom stereocenters. The molecule has 0 amide bonds. The van der Waals surface area contributed by atoms with Crippen LogP contribution in [0.5, 0.6) is 0 Å². The molecular weight excluding hydrogens is 326 g/mol. The van der Waals surface area contributed by atoms with Crippen LogP contribution >= 0.6 is 0 Å². The Morgan fingerprint density at radius 1 is 1.40 bits per heavy atom. The lowest BCUT2D eigenvalue weighted by molar-refractivity contribution is -0.161. The van der Waals surface area contributed by atoms with E-state index in [1.807, 2.05) is 0 Å². The van der Waals surface area contributed by atoms with Gasteiger partial charge in [-0.25, -0.2) is 9.59 Å². The highest BCUT2D eigenvalue weighted by atomic mass is 16.7. The van der Waals surface area contributed by atoms with Gasteiger partial charge in [0.2, 0.25) is 6.29 Å². The zero-order valence-corrected chi connectivity index (χ0v) is 13.7. The summed E-state index contributed by atoms with van der Waals surface area (Å²) in [5, 5.41) is 3.43. The van der Waals surface area contributed by atoms with Crippen molar-refractivity contribution in [2.45, 2.75) is 20.1 Å². The summed E-state index contributed by atoms with van der Waals surface area (Å²) in [5.41, 5.74) is 10.5. The molecule has 8 heteroatoms. The molecule has 1 atom stereocenters. The van der Waals surface area contributed by atoms with E-state index < -0.39 is 18.2 Å². The van der Waals surface area contributed by atoms with E-state index in [1.54, 1.807) is 13.8 Å². The largest absolute Gasteiger partial charge is 0.460 e. The van der Waals surface area contributed by atoms with Crippen molar-refractivity contribution in [3.63, 3.8) is 0 Å². The van der Waals surface area contributed by atoms with E-state index in [9.17, 15) is 9.59 Å². The number of carbonyl (C=O) groups is 2. The standard InChI is InChI=1S/C17H15N3O5/c1-4-12-7-13(9-14(8-12)19-20-18)16(22)23-5-6-24-17-11(3)10(2)15(21)25-17/h1,7-9,17H,5-6H2,2-3H3. The van der Waals surface area contributed by atoms with Gasteiger partial charge in [0.15, 0.2) is 0 Å². The maximum atomic E-state index is 12.1. The SMILES string of the molecule is C#Cc1cc(N=[N+]=[N-])cc(C(=O)OCCOC2OC(=O)C(C)=C2C)c1. The van der Waals surface area contributed by atoms with E-state index in [0.29, 0.717) is 16.7 Å². The smallest absolute Gasteiger partial charge is 0.338 e.